The van der Waals surface area contributed by atoms with Gasteiger partial charge in [0, 0.05) is 32.1 Å². The van der Waals surface area contributed by atoms with Gasteiger partial charge in [0.05, 0.1) is 24.4 Å². The lowest BCUT2D eigenvalue weighted by atomic mass is 9.52. The highest BCUT2D eigenvalue weighted by molar-refractivity contribution is 5.78. The van der Waals surface area contributed by atoms with E-state index in [0.717, 1.165) is 57.8 Å². The topological polar surface area (TPSA) is 52.6 Å². The normalized spacial score (nSPS) is 33.4. The summed E-state index contributed by atoms with van der Waals surface area (Å²) < 4.78 is 12.9. The van der Waals surface area contributed by atoms with E-state index in [4.69, 9.17) is 9.47 Å². The third kappa shape index (κ3) is 5.66. The van der Waals surface area contributed by atoms with Crippen molar-refractivity contribution in [2.75, 3.05) is 13.2 Å². The minimum atomic E-state index is -0.0820. The second-order valence-electron chi connectivity index (χ2n) is 9.81. The zero-order valence-corrected chi connectivity index (χ0v) is 18.1. The fourth-order valence-corrected chi connectivity index (χ4v) is 6.19. The predicted octanol–water partition coefficient (Wildman–Crippen LogP) is 5.41. The molecular formula is C24H40O4. The van der Waals surface area contributed by atoms with Gasteiger partial charge in [-0.25, -0.2) is 0 Å². The lowest BCUT2D eigenvalue weighted by Gasteiger charge is -2.61. The first-order chi connectivity index (χ1) is 13.5. The monoisotopic (exact) mass is 392 g/mol. The number of Topliss-reactive ketones (excluding diaryl/α,β-unsaturated/α-hetero) is 2. The fourth-order valence-electron chi connectivity index (χ4n) is 6.19. The summed E-state index contributed by atoms with van der Waals surface area (Å²) in [6, 6.07) is 0. The zero-order valence-electron chi connectivity index (χ0n) is 18.1. The molecule has 28 heavy (non-hydrogen) atoms. The Bertz CT molecular complexity index is 483. The Morgan fingerprint density at radius 1 is 0.750 bits per heavy atom. The molecule has 0 radical (unpaired) electrons. The molecule has 4 fully saturated rings. The second-order valence-corrected chi connectivity index (χ2v) is 9.81. The fraction of sp³-hybridized carbons (Fsp3) is 0.917. The van der Waals surface area contributed by atoms with Gasteiger partial charge in [0.15, 0.2) is 0 Å². The number of carbonyl (C=O) groups excluding carboxylic acids is 2. The van der Waals surface area contributed by atoms with Crippen molar-refractivity contribution < 1.29 is 19.1 Å². The van der Waals surface area contributed by atoms with E-state index in [2.05, 4.69) is 13.8 Å². The Morgan fingerprint density at radius 3 is 1.57 bits per heavy atom. The average Bonchev–Trinajstić information content (AvgIpc) is 2.63. The molecule has 4 heteroatoms. The highest BCUT2D eigenvalue weighted by atomic mass is 16.5. The lowest BCUT2D eigenvalue weighted by molar-refractivity contribution is -0.236. The first-order valence-electron chi connectivity index (χ1n) is 11.8. The van der Waals surface area contributed by atoms with E-state index in [1.54, 1.807) is 0 Å². The molecule has 4 aliphatic carbocycles. The summed E-state index contributed by atoms with van der Waals surface area (Å²) in [6.45, 7) is 5.37. The van der Waals surface area contributed by atoms with Crippen LogP contribution in [0.1, 0.15) is 104 Å². The Morgan fingerprint density at radius 2 is 1.18 bits per heavy atom. The molecule has 0 N–H and O–H groups in total. The lowest BCUT2D eigenvalue weighted by Crippen LogP contribution is -2.61. The van der Waals surface area contributed by atoms with Gasteiger partial charge in [-0.3, -0.25) is 9.59 Å². The number of hydrogen-bond donors (Lipinski definition) is 0. The van der Waals surface area contributed by atoms with Crippen LogP contribution in [0.5, 0.6) is 0 Å². The number of ketones is 2. The van der Waals surface area contributed by atoms with E-state index in [9.17, 15) is 9.59 Å². The summed E-state index contributed by atoms with van der Waals surface area (Å²) in [5.74, 6) is 2.05. The van der Waals surface area contributed by atoms with E-state index in [-0.39, 0.29) is 11.2 Å². The van der Waals surface area contributed by atoms with Crippen LogP contribution >= 0.6 is 0 Å². The molecule has 4 nitrogen and oxygen atoms in total. The number of rotatable bonds is 14. The number of carbonyl (C=O) groups is 2. The minimum Gasteiger partial charge on any atom is -0.374 e. The summed E-state index contributed by atoms with van der Waals surface area (Å²) in [4.78, 5) is 24.0. The van der Waals surface area contributed by atoms with E-state index in [0.29, 0.717) is 62.3 Å². The van der Waals surface area contributed by atoms with Crippen LogP contribution in [-0.2, 0) is 19.1 Å². The van der Waals surface area contributed by atoms with Gasteiger partial charge in [0.1, 0.15) is 11.6 Å². The molecule has 0 unspecified atom stereocenters. The van der Waals surface area contributed by atoms with Gasteiger partial charge < -0.3 is 9.47 Å². The standard InChI is InChI=1S/C24H40O4/c1-3-5-7-21(25)9-11-27-23-14-19-13-20(15-23)17-24(16-19,18-23)28-12-10-22(26)8-6-4-2/h19-20H,3-18H2,1-2H3. The van der Waals surface area contributed by atoms with Crippen molar-refractivity contribution in [2.24, 2.45) is 11.8 Å². The molecule has 0 aromatic heterocycles. The van der Waals surface area contributed by atoms with Crippen LogP contribution in [0, 0.1) is 11.8 Å². The molecule has 0 aromatic carbocycles. The molecule has 4 aliphatic rings. The van der Waals surface area contributed by atoms with E-state index in [1.165, 1.54) is 6.42 Å². The quantitative estimate of drug-likeness (QED) is 0.397. The smallest absolute Gasteiger partial charge is 0.135 e. The summed E-state index contributed by atoms with van der Waals surface area (Å²) in [6.07, 6.45) is 13.4. The average molecular weight is 393 g/mol. The third-order valence-corrected chi connectivity index (χ3v) is 7.15. The van der Waals surface area contributed by atoms with Crippen molar-refractivity contribution in [3.8, 4) is 0 Å². The summed E-state index contributed by atoms with van der Waals surface area (Å²) in [5, 5.41) is 0. The molecule has 4 bridgehead atoms. The zero-order chi connectivity index (χ0) is 20.0. The maximum atomic E-state index is 12.0. The molecule has 0 saturated heterocycles. The summed E-state index contributed by atoms with van der Waals surface area (Å²) in [7, 11) is 0. The Hall–Kier alpha value is -0.740. The molecule has 0 atom stereocenters. The molecule has 0 aromatic rings. The van der Waals surface area contributed by atoms with Crippen molar-refractivity contribution in [3.63, 3.8) is 0 Å². The van der Waals surface area contributed by atoms with E-state index < -0.39 is 0 Å². The van der Waals surface area contributed by atoms with Crippen LogP contribution < -0.4 is 0 Å². The van der Waals surface area contributed by atoms with Gasteiger partial charge in [-0.15, -0.1) is 0 Å². The molecule has 0 amide bonds. The molecule has 4 rings (SSSR count). The van der Waals surface area contributed by atoms with Crippen molar-refractivity contribution in [1.29, 1.82) is 0 Å². The Kier molecular flexibility index (Phi) is 7.72. The summed E-state index contributed by atoms with van der Waals surface area (Å²) >= 11 is 0. The molecular weight excluding hydrogens is 352 g/mol. The first kappa shape index (κ1) is 22.0. The SMILES string of the molecule is CCCCC(=O)CCOC12CC3CC(C1)CC(OCCC(=O)CCCC)(C3)C2. The maximum absolute atomic E-state index is 12.0. The van der Waals surface area contributed by atoms with Crippen LogP contribution in [0.3, 0.4) is 0 Å². The van der Waals surface area contributed by atoms with Gasteiger partial charge in [-0.1, -0.05) is 26.7 Å². The van der Waals surface area contributed by atoms with Crippen LogP contribution in [0.2, 0.25) is 0 Å². The molecule has 160 valence electrons. The van der Waals surface area contributed by atoms with Crippen LogP contribution in [0.25, 0.3) is 0 Å². The third-order valence-electron chi connectivity index (χ3n) is 7.15. The highest BCUT2D eigenvalue weighted by Gasteiger charge is 2.59. The maximum Gasteiger partial charge on any atom is 0.135 e. The minimum absolute atomic E-state index is 0.0820. The largest absolute Gasteiger partial charge is 0.374 e. The van der Waals surface area contributed by atoms with Crippen molar-refractivity contribution in [1.82, 2.24) is 0 Å². The van der Waals surface area contributed by atoms with Crippen LogP contribution in [0.15, 0.2) is 0 Å². The number of unbranched alkanes of at least 4 members (excludes halogenated alkanes) is 2. The van der Waals surface area contributed by atoms with Gasteiger partial charge in [0.2, 0.25) is 0 Å². The number of hydrogen-bond acceptors (Lipinski definition) is 4. The molecule has 0 heterocycles. The first-order valence-corrected chi connectivity index (χ1v) is 11.8. The Labute approximate surface area is 171 Å². The van der Waals surface area contributed by atoms with Gasteiger partial charge >= 0.3 is 0 Å². The highest BCUT2D eigenvalue weighted by Crippen LogP contribution is 2.60. The van der Waals surface area contributed by atoms with Gasteiger partial charge in [-0.2, -0.15) is 0 Å². The predicted molar refractivity (Wildman–Crippen MR) is 110 cm³/mol. The molecule has 4 saturated carbocycles. The van der Waals surface area contributed by atoms with Crippen LogP contribution in [0.4, 0.5) is 0 Å². The van der Waals surface area contributed by atoms with E-state index in [1.807, 2.05) is 0 Å². The summed E-state index contributed by atoms with van der Waals surface area (Å²) in [5.41, 5.74) is -0.164. The van der Waals surface area contributed by atoms with Gasteiger partial charge in [0.25, 0.3) is 0 Å². The molecule has 0 aliphatic heterocycles. The van der Waals surface area contributed by atoms with Crippen molar-refractivity contribution in [2.45, 2.75) is 115 Å². The van der Waals surface area contributed by atoms with Crippen molar-refractivity contribution >= 4 is 11.6 Å². The van der Waals surface area contributed by atoms with Gasteiger partial charge in [-0.05, 0) is 56.8 Å². The number of ether oxygens (including phenoxy) is 2. The Balaban J connectivity index is 1.49. The van der Waals surface area contributed by atoms with E-state index >= 15 is 0 Å². The molecule has 0 spiro atoms. The van der Waals surface area contributed by atoms with Crippen molar-refractivity contribution in [3.05, 3.63) is 0 Å². The second kappa shape index (κ2) is 9.84. The van der Waals surface area contributed by atoms with Crippen LogP contribution in [-0.4, -0.2) is 36.0 Å².